The van der Waals surface area contributed by atoms with Crippen LogP contribution in [0.15, 0.2) is 10.6 Å². The third-order valence-corrected chi connectivity index (χ3v) is 4.82. The van der Waals surface area contributed by atoms with Crippen LogP contribution >= 0.6 is 0 Å². The van der Waals surface area contributed by atoms with Gasteiger partial charge in [-0.1, -0.05) is 25.9 Å². The molecule has 0 saturated heterocycles. The van der Waals surface area contributed by atoms with Gasteiger partial charge in [-0.25, -0.2) is 8.42 Å². The van der Waals surface area contributed by atoms with Crippen LogP contribution in [0.5, 0.6) is 0 Å². The maximum absolute atomic E-state index is 12.1. The van der Waals surface area contributed by atoms with Gasteiger partial charge >= 0.3 is 5.97 Å². The molecule has 0 radical (unpaired) electrons. The van der Waals surface area contributed by atoms with Gasteiger partial charge in [-0.05, 0) is 6.92 Å². The highest BCUT2D eigenvalue weighted by Gasteiger charge is 2.29. The van der Waals surface area contributed by atoms with E-state index in [2.05, 4.69) is 5.16 Å². The molecular weight excluding hydrogens is 284 g/mol. The Morgan fingerprint density at radius 3 is 2.45 bits per heavy atom. The molecule has 0 fully saturated rings. The number of carboxylic acid groups (broad SMARTS) is 1. The van der Waals surface area contributed by atoms with Crippen LogP contribution in [0.4, 0.5) is 0 Å². The Labute approximate surface area is 118 Å². The van der Waals surface area contributed by atoms with E-state index < -0.39 is 22.0 Å². The predicted molar refractivity (Wildman–Crippen MR) is 72.7 cm³/mol. The second kappa shape index (κ2) is 5.53. The summed E-state index contributed by atoms with van der Waals surface area (Å²) in [6.45, 7) is 7.07. The number of carbonyl (C=O) groups is 1. The van der Waals surface area contributed by atoms with Gasteiger partial charge in [-0.3, -0.25) is 4.79 Å². The zero-order valence-electron chi connectivity index (χ0n) is 12.2. The van der Waals surface area contributed by atoms with Crippen LogP contribution in [0.3, 0.4) is 0 Å². The van der Waals surface area contributed by atoms with Crippen molar-refractivity contribution in [3.8, 4) is 0 Å². The van der Waals surface area contributed by atoms with Gasteiger partial charge in [-0.2, -0.15) is 4.31 Å². The predicted octanol–water partition coefficient (Wildman–Crippen LogP) is 1.21. The molecule has 0 aromatic carbocycles. The lowest BCUT2D eigenvalue weighted by molar-refractivity contribution is -0.140. The Bertz CT molecular complexity index is 585. The van der Waals surface area contributed by atoms with Gasteiger partial charge in [0.1, 0.15) is 23.2 Å². The van der Waals surface area contributed by atoms with E-state index in [0.717, 1.165) is 4.31 Å². The first kappa shape index (κ1) is 16.6. The lowest BCUT2D eigenvalue weighted by Gasteiger charge is -2.20. The number of aliphatic carboxylic acids is 1. The maximum atomic E-state index is 12.1. The normalized spacial score (nSPS) is 14.5. The number of sulfonamides is 1. The molecule has 20 heavy (non-hydrogen) atoms. The number of hydrogen-bond donors (Lipinski definition) is 1. The second-order valence-corrected chi connectivity index (χ2v) is 7.75. The molecule has 1 aromatic rings. The highest BCUT2D eigenvalue weighted by Crippen LogP contribution is 2.23. The fraction of sp³-hybridized carbons (Fsp3) is 0.667. The minimum Gasteiger partial charge on any atom is -0.480 e. The monoisotopic (exact) mass is 304 g/mol. The molecule has 114 valence electrons. The largest absolute Gasteiger partial charge is 0.480 e. The van der Waals surface area contributed by atoms with E-state index in [9.17, 15) is 13.2 Å². The van der Waals surface area contributed by atoms with Crippen LogP contribution in [0.2, 0.25) is 0 Å². The molecule has 0 aliphatic rings. The minimum absolute atomic E-state index is 0.263. The molecule has 0 amide bonds. The first-order chi connectivity index (χ1) is 8.95. The van der Waals surface area contributed by atoms with Crippen LogP contribution in [-0.2, 0) is 26.0 Å². The standard InChI is InChI=1S/C12H20N2O5S/c1-8(11(15)16)14(5)20(17,18)7-9-6-10(19-13-9)12(2,3)4/h6,8H,7H2,1-5H3,(H,15,16). The third kappa shape index (κ3) is 3.80. The topological polar surface area (TPSA) is 101 Å². The molecule has 1 unspecified atom stereocenters. The number of likely N-dealkylation sites (N-methyl/N-ethyl adjacent to an activating group) is 1. The summed E-state index contributed by atoms with van der Waals surface area (Å²) < 4.78 is 30.1. The van der Waals surface area contributed by atoms with Crippen molar-refractivity contribution in [3.63, 3.8) is 0 Å². The molecular formula is C12H20N2O5S. The summed E-state index contributed by atoms with van der Waals surface area (Å²) in [5, 5.41) is 12.6. The van der Waals surface area contributed by atoms with E-state index in [-0.39, 0.29) is 16.9 Å². The summed E-state index contributed by atoms with van der Waals surface area (Å²) >= 11 is 0. The third-order valence-electron chi connectivity index (χ3n) is 2.97. The van der Waals surface area contributed by atoms with Crippen LogP contribution in [0, 0.1) is 0 Å². The molecule has 0 aliphatic carbocycles. The zero-order chi connectivity index (χ0) is 15.7. The van der Waals surface area contributed by atoms with Gasteiger partial charge < -0.3 is 9.63 Å². The van der Waals surface area contributed by atoms with Crippen molar-refractivity contribution in [2.45, 2.75) is 44.9 Å². The molecule has 1 heterocycles. The molecule has 1 atom stereocenters. The van der Waals surface area contributed by atoms with Gasteiger partial charge in [-0.15, -0.1) is 0 Å². The van der Waals surface area contributed by atoms with Crippen molar-refractivity contribution >= 4 is 16.0 Å². The van der Waals surface area contributed by atoms with Gasteiger partial charge in [0.2, 0.25) is 10.0 Å². The number of rotatable bonds is 5. The Kier molecular flexibility index (Phi) is 4.60. The summed E-state index contributed by atoms with van der Waals surface area (Å²) in [4.78, 5) is 10.8. The Morgan fingerprint density at radius 1 is 1.50 bits per heavy atom. The van der Waals surface area contributed by atoms with Crippen molar-refractivity contribution in [1.82, 2.24) is 9.46 Å². The summed E-state index contributed by atoms with van der Waals surface area (Å²) in [5.74, 6) is -1.01. The molecule has 1 rings (SSSR count). The molecule has 1 N–H and O–H groups in total. The van der Waals surface area contributed by atoms with E-state index in [1.165, 1.54) is 14.0 Å². The molecule has 1 aromatic heterocycles. The lowest BCUT2D eigenvalue weighted by atomic mass is 9.93. The van der Waals surface area contributed by atoms with Gasteiger partial charge in [0, 0.05) is 18.5 Å². The molecule has 0 aliphatic heterocycles. The summed E-state index contributed by atoms with van der Waals surface area (Å²) in [5.41, 5.74) is -0.00528. The van der Waals surface area contributed by atoms with E-state index >= 15 is 0 Å². The molecule has 7 nitrogen and oxygen atoms in total. The zero-order valence-corrected chi connectivity index (χ0v) is 13.1. The highest BCUT2D eigenvalue weighted by molar-refractivity contribution is 7.88. The average Bonchev–Trinajstić information content (AvgIpc) is 2.74. The van der Waals surface area contributed by atoms with Gasteiger partial charge in [0.25, 0.3) is 0 Å². The Morgan fingerprint density at radius 2 is 2.05 bits per heavy atom. The lowest BCUT2D eigenvalue weighted by Crippen LogP contribution is -2.40. The summed E-state index contributed by atoms with van der Waals surface area (Å²) in [6.07, 6.45) is 0. The van der Waals surface area contributed by atoms with E-state index in [1.54, 1.807) is 6.07 Å². The van der Waals surface area contributed by atoms with Crippen molar-refractivity contribution < 1.29 is 22.8 Å². The quantitative estimate of drug-likeness (QED) is 0.877. The average molecular weight is 304 g/mol. The van der Waals surface area contributed by atoms with Gasteiger partial charge in [0.05, 0.1) is 0 Å². The van der Waals surface area contributed by atoms with Crippen molar-refractivity contribution in [1.29, 1.82) is 0 Å². The van der Waals surface area contributed by atoms with Crippen LogP contribution < -0.4 is 0 Å². The number of carboxylic acids is 1. The second-order valence-electron chi connectivity index (χ2n) is 5.72. The fourth-order valence-electron chi connectivity index (χ4n) is 1.42. The SMILES string of the molecule is CC(C(=O)O)N(C)S(=O)(=O)Cc1cc(C(C)(C)C)on1. The van der Waals surface area contributed by atoms with Gasteiger partial charge in [0.15, 0.2) is 0 Å². The van der Waals surface area contributed by atoms with E-state index in [0.29, 0.717) is 5.76 Å². The van der Waals surface area contributed by atoms with Crippen molar-refractivity contribution in [3.05, 3.63) is 17.5 Å². The Hall–Kier alpha value is -1.41. The maximum Gasteiger partial charge on any atom is 0.321 e. The summed E-state index contributed by atoms with van der Waals surface area (Å²) in [7, 11) is -2.52. The van der Waals surface area contributed by atoms with Crippen molar-refractivity contribution in [2.24, 2.45) is 0 Å². The number of hydrogen-bond acceptors (Lipinski definition) is 5. The smallest absolute Gasteiger partial charge is 0.321 e. The van der Waals surface area contributed by atoms with Crippen LogP contribution in [0.1, 0.15) is 39.1 Å². The fourth-order valence-corrected chi connectivity index (χ4v) is 2.70. The summed E-state index contributed by atoms with van der Waals surface area (Å²) in [6, 6.07) is 0.450. The van der Waals surface area contributed by atoms with Crippen LogP contribution in [-0.4, -0.2) is 42.0 Å². The molecule has 8 heteroatoms. The first-order valence-electron chi connectivity index (χ1n) is 6.09. The Balaban J connectivity index is 2.92. The molecule has 0 bridgehead atoms. The van der Waals surface area contributed by atoms with Crippen molar-refractivity contribution in [2.75, 3.05) is 7.05 Å². The first-order valence-corrected chi connectivity index (χ1v) is 7.70. The van der Waals surface area contributed by atoms with Crippen LogP contribution in [0.25, 0.3) is 0 Å². The molecule has 0 saturated carbocycles. The number of aromatic nitrogens is 1. The van der Waals surface area contributed by atoms with E-state index in [1.807, 2.05) is 20.8 Å². The van der Waals surface area contributed by atoms with E-state index in [4.69, 9.17) is 9.63 Å². The highest BCUT2D eigenvalue weighted by atomic mass is 32.2. The number of nitrogens with zero attached hydrogens (tertiary/aromatic N) is 2. The minimum atomic E-state index is -3.76. The molecule has 0 spiro atoms.